The maximum Gasteiger partial charge on any atom is 0.262 e. The number of fused-ring (bicyclic) bond motifs is 2. The zero-order valence-corrected chi connectivity index (χ0v) is 19.3. The summed E-state index contributed by atoms with van der Waals surface area (Å²) in [6, 6.07) is 16.2. The Labute approximate surface area is 193 Å². The lowest BCUT2D eigenvalue weighted by Gasteiger charge is -2.27. The topological polar surface area (TPSA) is 70.1 Å². The van der Waals surface area contributed by atoms with Crippen molar-refractivity contribution in [1.29, 1.82) is 0 Å². The number of amides is 1. The summed E-state index contributed by atoms with van der Waals surface area (Å²) >= 11 is 5.35. The molecule has 0 saturated carbocycles. The minimum atomic E-state index is -0.0560. The molecule has 7 heteroatoms. The molecule has 1 unspecified atom stereocenters. The van der Waals surface area contributed by atoms with Crippen LogP contribution in [0.15, 0.2) is 53.3 Å². The van der Waals surface area contributed by atoms with Crippen molar-refractivity contribution < 1.29 is 4.79 Å². The minimum Gasteiger partial charge on any atom is -0.366 e. The van der Waals surface area contributed by atoms with E-state index in [0.29, 0.717) is 29.7 Å². The molecule has 168 valence electrons. The molecule has 3 aromatic rings. The molecule has 1 aliphatic rings. The summed E-state index contributed by atoms with van der Waals surface area (Å²) in [4.78, 5) is 30.5. The van der Waals surface area contributed by atoms with E-state index in [0.717, 1.165) is 37.7 Å². The molecule has 0 bridgehead atoms. The van der Waals surface area contributed by atoms with Crippen molar-refractivity contribution in [2.24, 2.45) is 0 Å². The Morgan fingerprint density at radius 1 is 1.12 bits per heavy atom. The summed E-state index contributed by atoms with van der Waals surface area (Å²) in [6.45, 7) is 4.38. The van der Waals surface area contributed by atoms with Gasteiger partial charge in [-0.2, -0.15) is 0 Å². The molecule has 2 N–H and O–H groups in total. The number of nitrogens with zero attached hydrogens (tertiary/aromatic N) is 2. The Morgan fingerprint density at radius 3 is 2.78 bits per heavy atom. The van der Waals surface area contributed by atoms with Gasteiger partial charge in [0, 0.05) is 37.8 Å². The van der Waals surface area contributed by atoms with Crippen molar-refractivity contribution in [2.45, 2.75) is 51.6 Å². The molecule has 4 rings (SSSR count). The van der Waals surface area contributed by atoms with Gasteiger partial charge in [0.15, 0.2) is 4.77 Å². The third-order valence-corrected chi connectivity index (χ3v) is 6.55. The molecule has 0 fully saturated rings. The van der Waals surface area contributed by atoms with Gasteiger partial charge in [0.2, 0.25) is 5.91 Å². The molecule has 1 atom stereocenters. The second kappa shape index (κ2) is 10.1. The van der Waals surface area contributed by atoms with E-state index >= 15 is 0 Å². The molecule has 0 aliphatic carbocycles. The van der Waals surface area contributed by atoms with Crippen molar-refractivity contribution in [3.63, 3.8) is 0 Å². The van der Waals surface area contributed by atoms with Crippen molar-refractivity contribution in [2.75, 3.05) is 18.0 Å². The normalized spacial score (nSPS) is 13.8. The Balaban J connectivity index is 1.19. The van der Waals surface area contributed by atoms with Gasteiger partial charge in [-0.15, -0.1) is 0 Å². The third kappa shape index (κ3) is 4.93. The van der Waals surface area contributed by atoms with E-state index in [1.54, 1.807) is 4.57 Å². The lowest BCUT2D eigenvalue weighted by atomic mass is 10.1. The minimum absolute atomic E-state index is 0.0560. The Hall–Kier alpha value is -2.93. The number of aromatic amines is 1. The summed E-state index contributed by atoms with van der Waals surface area (Å²) in [5, 5.41) is 3.73. The maximum absolute atomic E-state index is 12.7. The molecule has 2 aromatic carbocycles. The number of H-pyrrole nitrogens is 1. The number of carbonyl (C=O) groups excluding carboxylic acids is 1. The van der Waals surface area contributed by atoms with Crippen LogP contribution >= 0.6 is 12.2 Å². The summed E-state index contributed by atoms with van der Waals surface area (Å²) in [7, 11) is 0. The Kier molecular flexibility index (Phi) is 7.05. The van der Waals surface area contributed by atoms with Gasteiger partial charge in [0.05, 0.1) is 10.9 Å². The first-order valence-electron chi connectivity index (χ1n) is 11.4. The molecule has 0 spiro atoms. The molecule has 0 radical (unpaired) electrons. The van der Waals surface area contributed by atoms with E-state index in [1.165, 1.54) is 11.3 Å². The molecule has 6 nitrogen and oxygen atoms in total. The van der Waals surface area contributed by atoms with Gasteiger partial charge in [-0.1, -0.05) is 36.8 Å². The number of hydrogen-bond acceptors (Lipinski definition) is 4. The monoisotopic (exact) mass is 450 g/mol. The van der Waals surface area contributed by atoms with Crippen LogP contribution in [-0.4, -0.2) is 34.6 Å². The van der Waals surface area contributed by atoms with E-state index in [1.807, 2.05) is 24.3 Å². The Bertz CT molecular complexity index is 1220. The van der Waals surface area contributed by atoms with Gasteiger partial charge in [0.25, 0.3) is 5.56 Å². The number of carbonyl (C=O) groups is 1. The third-order valence-electron chi connectivity index (χ3n) is 6.22. The van der Waals surface area contributed by atoms with Crippen LogP contribution in [0, 0.1) is 4.77 Å². The van der Waals surface area contributed by atoms with E-state index in [4.69, 9.17) is 12.2 Å². The van der Waals surface area contributed by atoms with Gasteiger partial charge < -0.3 is 15.2 Å². The molecule has 2 heterocycles. The van der Waals surface area contributed by atoms with Crippen LogP contribution in [0.4, 0.5) is 5.69 Å². The second-order valence-electron chi connectivity index (χ2n) is 8.47. The van der Waals surface area contributed by atoms with Gasteiger partial charge in [-0.05, 0) is 62.2 Å². The zero-order chi connectivity index (χ0) is 22.5. The van der Waals surface area contributed by atoms with Crippen molar-refractivity contribution in [3.05, 3.63) is 69.2 Å². The average molecular weight is 451 g/mol. The SMILES string of the molecule is CC(CNC(=O)CCCCCn1c(=S)[nH]c2ccccc2c1=O)N1CCc2ccccc21. The first-order chi connectivity index (χ1) is 15.5. The van der Waals surface area contributed by atoms with Crippen molar-refractivity contribution in [1.82, 2.24) is 14.9 Å². The molecule has 1 aromatic heterocycles. The van der Waals surface area contributed by atoms with Crippen LogP contribution in [0.1, 0.15) is 38.2 Å². The number of anilines is 1. The van der Waals surface area contributed by atoms with E-state index in [-0.39, 0.29) is 17.5 Å². The van der Waals surface area contributed by atoms with Crippen LogP contribution in [0.5, 0.6) is 0 Å². The summed E-state index contributed by atoms with van der Waals surface area (Å²) in [6.07, 6.45) is 4.05. The summed E-state index contributed by atoms with van der Waals surface area (Å²) < 4.78 is 2.07. The highest BCUT2D eigenvalue weighted by molar-refractivity contribution is 7.71. The molecule has 32 heavy (non-hydrogen) atoms. The van der Waals surface area contributed by atoms with Crippen LogP contribution in [-0.2, 0) is 17.8 Å². The highest BCUT2D eigenvalue weighted by Crippen LogP contribution is 2.28. The molecular formula is C25H30N4O2S. The predicted octanol–water partition coefficient (Wildman–Crippen LogP) is 4.19. The van der Waals surface area contributed by atoms with E-state index < -0.39 is 0 Å². The average Bonchev–Trinajstić information content (AvgIpc) is 3.23. The fourth-order valence-corrected chi connectivity index (χ4v) is 4.70. The summed E-state index contributed by atoms with van der Waals surface area (Å²) in [5.74, 6) is 0.0875. The first kappa shape index (κ1) is 22.3. The maximum atomic E-state index is 12.7. The number of para-hydroxylation sites is 2. The molecule has 1 aliphatic heterocycles. The predicted molar refractivity (Wildman–Crippen MR) is 132 cm³/mol. The number of unbranched alkanes of at least 4 members (excludes halogenated alkanes) is 2. The molecule has 1 amide bonds. The fourth-order valence-electron chi connectivity index (χ4n) is 4.42. The number of nitrogens with one attached hydrogen (secondary N) is 2. The zero-order valence-electron chi connectivity index (χ0n) is 18.5. The van der Waals surface area contributed by atoms with Gasteiger partial charge in [0.1, 0.15) is 0 Å². The number of hydrogen-bond donors (Lipinski definition) is 2. The molecule has 0 saturated heterocycles. The van der Waals surface area contributed by atoms with Gasteiger partial charge in [-0.3, -0.25) is 14.2 Å². The number of aromatic nitrogens is 2. The van der Waals surface area contributed by atoms with Crippen LogP contribution in [0.3, 0.4) is 0 Å². The lowest BCUT2D eigenvalue weighted by molar-refractivity contribution is -0.121. The van der Waals surface area contributed by atoms with Crippen molar-refractivity contribution >= 4 is 34.7 Å². The molecular weight excluding hydrogens is 420 g/mol. The van der Waals surface area contributed by atoms with Crippen molar-refractivity contribution in [3.8, 4) is 0 Å². The van der Waals surface area contributed by atoms with Crippen LogP contribution in [0.2, 0.25) is 0 Å². The van der Waals surface area contributed by atoms with Crippen LogP contribution < -0.4 is 15.8 Å². The Morgan fingerprint density at radius 2 is 1.91 bits per heavy atom. The number of benzene rings is 2. The smallest absolute Gasteiger partial charge is 0.262 e. The van der Waals surface area contributed by atoms with Crippen LogP contribution in [0.25, 0.3) is 10.9 Å². The standard InChI is InChI=1S/C25H30N4O2S/c1-18(28-16-14-19-9-4-7-12-22(19)28)17-26-23(30)13-3-2-8-15-29-24(31)20-10-5-6-11-21(20)27-25(29)32/h4-7,9-12,18H,2-3,8,13-17H2,1H3,(H,26,30)(H,27,32). The van der Waals surface area contributed by atoms with E-state index in [2.05, 4.69) is 46.4 Å². The highest BCUT2D eigenvalue weighted by Gasteiger charge is 2.22. The lowest BCUT2D eigenvalue weighted by Crippen LogP contribution is -2.41. The fraction of sp³-hybridized carbons (Fsp3) is 0.400. The number of rotatable bonds is 9. The summed E-state index contributed by atoms with van der Waals surface area (Å²) in [5.41, 5.74) is 3.38. The second-order valence-corrected chi connectivity index (χ2v) is 8.86. The van der Waals surface area contributed by atoms with Gasteiger partial charge in [-0.25, -0.2) is 0 Å². The first-order valence-corrected chi connectivity index (χ1v) is 11.8. The highest BCUT2D eigenvalue weighted by atomic mass is 32.1. The van der Waals surface area contributed by atoms with E-state index in [9.17, 15) is 9.59 Å². The quantitative estimate of drug-likeness (QED) is 0.379. The van der Waals surface area contributed by atoms with Gasteiger partial charge >= 0.3 is 0 Å². The largest absolute Gasteiger partial charge is 0.366 e.